The van der Waals surface area contributed by atoms with Gasteiger partial charge in [-0.25, -0.2) is 4.39 Å². The first-order valence-electron chi connectivity index (χ1n) is 6.02. The minimum absolute atomic E-state index is 0.145. The van der Waals surface area contributed by atoms with Crippen LogP contribution in [0, 0.1) is 5.82 Å². The van der Waals surface area contributed by atoms with E-state index in [2.05, 4.69) is 5.32 Å². The summed E-state index contributed by atoms with van der Waals surface area (Å²) in [4.78, 5) is 0. The monoisotopic (exact) mass is 265 g/mol. The molecule has 1 N–H and O–H groups in total. The van der Waals surface area contributed by atoms with Crippen LogP contribution in [0.2, 0.25) is 5.02 Å². The van der Waals surface area contributed by atoms with Gasteiger partial charge in [0.1, 0.15) is 11.6 Å². The predicted molar refractivity (Wildman–Crippen MR) is 69.4 cm³/mol. The minimum Gasteiger partial charge on any atom is -0.469 e. The third-order valence-electron chi connectivity index (χ3n) is 3.31. The Balaban J connectivity index is 1.88. The highest BCUT2D eigenvalue weighted by Crippen LogP contribution is 2.35. The predicted octanol–water partition coefficient (Wildman–Crippen LogP) is 4.56. The van der Waals surface area contributed by atoms with Gasteiger partial charge in [0.05, 0.1) is 23.0 Å². The molecule has 1 heterocycles. The van der Waals surface area contributed by atoms with Gasteiger partial charge in [0.15, 0.2) is 0 Å². The van der Waals surface area contributed by atoms with Gasteiger partial charge in [-0.15, -0.1) is 0 Å². The Labute approximate surface area is 110 Å². The second-order valence-electron chi connectivity index (χ2n) is 4.51. The van der Waals surface area contributed by atoms with Crippen LogP contribution in [0.25, 0.3) is 0 Å². The Hall–Kier alpha value is -1.48. The number of nitrogens with one attached hydrogen (secondary N) is 1. The zero-order valence-corrected chi connectivity index (χ0v) is 10.5. The van der Waals surface area contributed by atoms with Crippen LogP contribution in [0.3, 0.4) is 0 Å². The molecule has 2 aromatic rings. The molecule has 4 heteroatoms. The smallest absolute Gasteiger partial charge is 0.125 e. The molecule has 1 aromatic carbocycles. The highest BCUT2D eigenvalue weighted by Gasteiger charge is 2.23. The van der Waals surface area contributed by atoms with Gasteiger partial charge in [-0.05, 0) is 37.1 Å². The van der Waals surface area contributed by atoms with E-state index in [9.17, 15) is 4.39 Å². The van der Waals surface area contributed by atoms with E-state index in [-0.39, 0.29) is 11.9 Å². The lowest BCUT2D eigenvalue weighted by atomic mass is 9.93. The minimum atomic E-state index is -0.287. The topological polar surface area (TPSA) is 25.2 Å². The average molecular weight is 266 g/mol. The summed E-state index contributed by atoms with van der Waals surface area (Å²) in [6, 6.07) is 6.47. The molecule has 0 saturated carbocycles. The van der Waals surface area contributed by atoms with Crippen molar-refractivity contribution in [3.05, 3.63) is 52.7 Å². The summed E-state index contributed by atoms with van der Waals surface area (Å²) in [5, 5.41) is 3.83. The van der Waals surface area contributed by atoms with Gasteiger partial charge in [0.2, 0.25) is 0 Å². The molecule has 0 spiro atoms. The molecular formula is C14H13ClFNO. The maximum absolute atomic E-state index is 13.2. The summed E-state index contributed by atoms with van der Waals surface area (Å²) in [7, 11) is 0. The van der Waals surface area contributed by atoms with Gasteiger partial charge in [-0.3, -0.25) is 0 Å². The number of benzene rings is 1. The molecule has 0 fully saturated rings. The maximum Gasteiger partial charge on any atom is 0.125 e. The van der Waals surface area contributed by atoms with Crippen molar-refractivity contribution in [2.45, 2.75) is 25.3 Å². The molecular weight excluding hydrogens is 253 g/mol. The van der Waals surface area contributed by atoms with Crippen LogP contribution in [0.4, 0.5) is 10.1 Å². The van der Waals surface area contributed by atoms with Crippen LogP contribution in [-0.4, -0.2) is 0 Å². The lowest BCUT2D eigenvalue weighted by molar-refractivity contribution is 0.461. The first kappa shape index (κ1) is 11.6. The molecule has 0 bridgehead atoms. The van der Waals surface area contributed by atoms with Gasteiger partial charge < -0.3 is 9.73 Å². The van der Waals surface area contributed by atoms with Gasteiger partial charge in [-0.1, -0.05) is 11.6 Å². The molecule has 0 saturated heterocycles. The number of hydrogen-bond acceptors (Lipinski definition) is 2. The van der Waals surface area contributed by atoms with Crippen molar-refractivity contribution in [1.82, 2.24) is 0 Å². The fraction of sp³-hybridized carbons (Fsp3) is 0.286. The van der Waals surface area contributed by atoms with Gasteiger partial charge in [0.25, 0.3) is 0 Å². The lowest BCUT2D eigenvalue weighted by Crippen LogP contribution is -2.16. The third-order valence-corrected chi connectivity index (χ3v) is 3.64. The van der Waals surface area contributed by atoms with E-state index in [1.807, 2.05) is 6.07 Å². The molecule has 94 valence electrons. The van der Waals surface area contributed by atoms with Crippen molar-refractivity contribution in [1.29, 1.82) is 0 Å². The summed E-state index contributed by atoms with van der Waals surface area (Å²) < 4.78 is 18.7. The Morgan fingerprint density at radius 1 is 1.33 bits per heavy atom. The van der Waals surface area contributed by atoms with Crippen molar-refractivity contribution >= 4 is 17.3 Å². The molecule has 1 aliphatic rings. The first-order valence-corrected chi connectivity index (χ1v) is 6.39. The van der Waals surface area contributed by atoms with E-state index in [4.69, 9.17) is 16.0 Å². The van der Waals surface area contributed by atoms with Crippen LogP contribution in [0.5, 0.6) is 0 Å². The van der Waals surface area contributed by atoms with Crippen molar-refractivity contribution in [2.75, 3.05) is 5.32 Å². The second-order valence-corrected chi connectivity index (χ2v) is 4.92. The summed E-state index contributed by atoms with van der Waals surface area (Å²) in [6.07, 6.45) is 4.74. The summed E-state index contributed by atoms with van der Waals surface area (Å²) in [6.45, 7) is 0. The molecule has 1 unspecified atom stereocenters. The normalized spacial score (nSPS) is 18.4. The van der Waals surface area contributed by atoms with Crippen molar-refractivity contribution in [2.24, 2.45) is 0 Å². The largest absolute Gasteiger partial charge is 0.469 e. The molecule has 2 nitrogen and oxygen atoms in total. The average Bonchev–Trinajstić information content (AvgIpc) is 2.83. The Morgan fingerprint density at radius 3 is 3.11 bits per heavy atom. The van der Waals surface area contributed by atoms with Crippen LogP contribution in [0.15, 0.2) is 34.9 Å². The molecule has 0 amide bonds. The maximum atomic E-state index is 13.2. The van der Waals surface area contributed by atoms with E-state index < -0.39 is 0 Å². The fourth-order valence-electron chi connectivity index (χ4n) is 2.43. The summed E-state index contributed by atoms with van der Waals surface area (Å²) in [5.41, 5.74) is 1.79. The zero-order valence-electron chi connectivity index (χ0n) is 9.75. The first-order chi connectivity index (χ1) is 8.74. The fourth-order valence-corrected chi connectivity index (χ4v) is 2.60. The Morgan fingerprint density at radius 2 is 2.22 bits per heavy atom. The van der Waals surface area contributed by atoms with Gasteiger partial charge in [0, 0.05) is 12.0 Å². The van der Waals surface area contributed by atoms with E-state index in [0.717, 1.165) is 30.6 Å². The number of fused-ring (bicyclic) bond motifs is 1. The zero-order chi connectivity index (χ0) is 12.5. The highest BCUT2D eigenvalue weighted by atomic mass is 35.5. The highest BCUT2D eigenvalue weighted by molar-refractivity contribution is 6.33. The van der Waals surface area contributed by atoms with Crippen LogP contribution >= 0.6 is 11.6 Å². The molecule has 1 aliphatic carbocycles. The van der Waals surface area contributed by atoms with Gasteiger partial charge in [-0.2, -0.15) is 0 Å². The molecule has 1 aromatic heterocycles. The summed E-state index contributed by atoms with van der Waals surface area (Å²) >= 11 is 6.06. The third kappa shape index (κ3) is 2.10. The van der Waals surface area contributed by atoms with Crippen LogP contribution in [0.1, 0.15) is 30.2 Å². The van der Waals surface area contributed by atoms with Crippen LogP contribution < -0.4 is 5.32 Å². The Kier molecular flexibility index (Phi) is 3.00. The van der Waals surface area contributed by atoms with E-state index in [1.54, 1.807) is 12.3 Å². The molecule has 0 radical (unpaired) electrons. The lowest BCUT2D eigenvalue weighted by Gasteiger charge is -2.24. The molecule has 1 atom stereocenters. The standard InChI is InChI=1S/C14H13ClFNO/c15-11-5-4-9(16)8-13(11)17-12-2-1-3-14-10(12)6-7-18-14/h4-8,12,17H,1-3H2. The van der Waals surface area contributed by atoms with E-state index in [0.29, 0.717) is 10.7 Å². The molecule has 0 aliphatic heterocycles. The van der Waals surface area contributed by atoms with Crippen molar-refractivity contribution in [3.63, 3.8) is 0 Å². The quantitative estimate of drug-likeness (QED) is 0.861. The van der Waals surface area contributed by atoms with Gasteiger partial charge >= 0.3 is 0 Å². The van der Waals surface area contributed by atoms with E-state index in [1.165, 1.54) is 12.1 Å². The Bertz CT molecular complexity index is 567. The number of halogens is 2. The number of rotatable bonds is 2. The number of hydrogen-bond donors (Lipinski definition) is 1. The number of aryl methyl sites for hydroxylation is 1. The molecule has 18 heavy (non-hydrogen) atoms. The van der Waals surface area contributed by atoms with Crippen LogP contribution in [-0.2, 0) is 6.42 Å². The van der Waals surface area contributed by atoms with Crippen molar-refractivity contribution < 1.29 is 8.81 Å². The number of anilines is 1. The SMILES string of the molecule is Fc1ccc(Cl)c(NC2CCCc3occc32)c1. The second kappa shape index (κ2) is 4.65. The molecule has 3 rings (SSSR count). The number of furan rings is 1. The summed E-state index contributed by atoms with van der Waals surface area (Å²) in [5.74, 6) is 0.733. The van der Waals surface area contributed by atoms with E-state index >= 15 is 0 Å². The van der Waals surface area contributed by atoms with Crippen molar-refractivity contribution in [3.8, 4) is 0 Å².